The molecule has 2 N–H and O–H groups in total. The van der Waals surface area contributed by atoms with E-state index in [0.717, 1.165) is 32.4 Å². The second-order valence-corrected chi connectivity index (χ2v) is 6.25. The number of nitrogens with zero attached hydrogens (tertiary/aromatic N) is 1. The number of amides is 1. The van der Waals surface area contributed by atoms with Gasteiger partial charge in [-0.25, -0.2) is 0 Å². The van der Waals surface area contributed by atoms with Crippen LogP contribution < -0.4 is 5.73 Å². The van der Waals surface area contributed by atoms with Crippen molar-refractivity contribution in [2.24, 2.45) is 17.6 Å². The molecule has 0 aromatic heterocycles. The summed E-state index contributed by atoms with van der Waals surface area (Å²) >= 11 is 0. The van der Waals surface area contributed by atoms with E-state index >= 15 is 0 Å². The fraction of sp³-hybridized carbons (Fsp3) is 0.933. The third-order valence-corrected chi connectivity index (χ3v) is 4.69. The van der Waals surface area contributed by atoms with Gasteiger partial charge in [0.15, 0.2) is 0 Å². The van der Waals surface area contributed by atoms with E-state index in [1.165, 1.54) is 32.1 Å². The van der Waals surface area contributed by atoms with Crippen LogP contribution in [0.3, 0.4) is 0 Å². The smallest absolute Gasteiger partial charge is 0.225 e. The number of hydrogen-bond donors (Lipinski definition) is 1. The van der Waals surface area contributed by atoms with Gasteiger partial charge in [0.05, 0.1) is 0 Å². The Bertz CT molecular complexity index is 272. The van der Waals surface area contributed by atoms with Gasteiger partial charge in [-0.2, -0.15) is 0 Å². The first-order chi connectivity index (χ1) is 8.68. The summed E-state index contributed by atoms with van der Waals surface area (Å²) in [6.45, 7) is 4.16. The van der Waals surface area contributed by atoms with E-state index in [2.05, 4.69) is 11.8 Å². The summed E-state index contributed by atoms with van der Waals surface area (Å²) in [7, 11) is 0. The first-order valence-corrected chi connectivity index (χ1v) is 7.73. The maximum Gasteiger partial charge on any atom is 0.225 e. The molecule has 0 spiro atoms. The summed E-state index contributed by atoms with van der Waals surface area (Å²) in [5, 5.41) is 0. The molecule has 1 amide bonds. The lowest BCUT2D eigenvalue weighted by Crippen LogP contribution is -2.44. The van der Waals surface area contributed by atoms with E-state index in [-0.39, 0.29) is 5.92 Å². The van der Waals surface area contributed by atoms with Gasteiger partial charge in [0.25, 0.3) is 0 Å². The number of carbonyl (C=O) groups is 1. The van der Waals surface area contributed by atoms with Crippen molar-refractivity contribution in [1.29, 1.82) is 0 Å². The quantitative estimate of drug-likeness (QED) is 0.779. The average molecular weight is 252 g/mol. The Labute approximate surface area is 111 Å². The summed E-state index contributed by atoms with van der Waals surface area (Å²) < 4.78 is 0. The number of rotatable bonds is 1. The van der Waals surface area contributed by atoms with Gasteiger partial charge < -0.3 is 10.6 Å². The fourth-order valence-electron chi connectivity index (χ4n) is 3.51. The van der Waals surface area contributed by atoms with Crippen LogP contribution in [0.25, 0.3) is 0 Å². The summed E-state index contributed by atoms with van der Waals surface area (Å²) in [6, 6.07) is 0.316. The first-order valence-electron chi connectivity index (χ1n) is 7.73. The van der Waals surface area contributed by atoms with Crippen LogP contribution in [0, 0.1) is 11.8 Å². The molecule has 0 bridgehead atoms. The molecule has 104 valence electrons. The van der Waals surface area contributed by atoms with Crippen molar-refractivity contribution in [2.75, 3.05) is 13.1 Å². The molecule has 3 atom stereocenters. The number of hydrogen-bond acceptors (Lipinski definition) is 2. The summed E-state index contributed by atoms with van der Waals surface area (Å²) in [4.78, 5) is 14.8. The molecule has 0 aromatic rings. The molecule has 0 aromatic carbocycles. The van der Waals surface area contributed by atoms with Crippen molar-refractivity contribution in [3.63, 3.8) is 0 Å². The molecule has 1 aliphatic carbocycles. The third-order valence-electron chi connectivity index (χ3n) is 4.69. The van der Waals surface area contributed by atoms with Gasteiger partial charge in [-0.15, -0.1) is 0 Å². The predicted molar refractivity (Wildman–Crippen MR) is 74.1 cm³/mol. The zero-order valence-electron chi connectivity index (χ0n) is 11.7. The molecule has 3 heteroatoms. The monoisotopic (exact) mass is 252 g/mol. The van der Waals surface area contributed by atoms with E-state index in [0.29, 0.717) is 17.9 Å². The SMILES string of the molecule is CC1CC(N)CCC1C(=O)N1CCCCCCC1. The van der Waals surface area contributed by atoms with Crippen molar-refractivity contribution in [1.82, 2.24) is 4.90 Å². The van der Waals surface area contributed by atoms with Crippen molar-refractivity contribution < 1.29 is 4.79 Å². The molecular formula is C15H28N2O. The van der Waals surface area contributed by atoms with Crippen LogP contribution in [0.15, 0.2) is 0 Å². The Balaban J connectivity index is 1.92. The lowest BCUT2D eigenvalue weighted by molar-refractivity contribution is -0.138. The normalized spacial score (nSPS) is 34.8. The molecule has 2 fully saturated rings. The van der Waals surface area contributed by atoms with E-state index in [1.807, 2.05) is 0 Å². The highest BCUT2D eigenvalue weighted by atomic mass is 16.2. The number of likely N-dealkylation sites (tertiary alicyclic amines) is 1. The van der Waals surface area contributed by atoms with Gasteiger partial charge in [-0.05, 0) is 38.0 Å². The van der Waals surface area contributed by atoms with Crippen LogP contribution in [0.2, 0.25) is 0 Å². The molecule has 1 heterocycles. The molecule has 18 heavy (non-hydrogen) atoms. The van der Waals surface area contributed by atoms with Gasteiger partial charge in [0.1, 0.15) is 0 Å². The van der Waals surface area contributed by atoms with E-state index in [9.17, 15) is 4.79 Å². The Morgan fingerprint density at radius 3 is 2.28 bits per heavy atom. The fourth-order valence-corrected chi connectivity index (χ4v) is 3.51. The second kappa shape index (κ2) is 6.55. The third kappa shape index (κ3) is 3.47. The van der Waals surface area contributed by atoms with E-state index in [4.69, 9.17) is 5.73 Å². The highest BCUT2D eigenvalue weighted by Crippen LogP contribution is 2.31. The second-order valence-electron chi connectivity index (χ2n) is 6.25. The zero-order valence-corrected chi connectivity index (χ0v) is 11.7. The Morgan fingerprint density at radius 2 is 1.67 bits per heavy atom. The Morgan fingerprint density at radius 1 is 1.06 bits per heavy atom. The highest BCUT2D eigenvalue weighted by Gasteiger charge is 2.33. The van der Waals surface area contributed by atoms with Crippen LogP contribution in [0.1, 0.15) is 58.3 Å². The minimum Gasteiger partial charge on any atom is -0.342 e. The predicted octanol–water partition coefficient (Wildman–Crippen LogP) is 2.54. The molecule has 3 nitrogen and oxygen atoms in total. The van der Waals surface area contributed by atoms with Gasteiger partial charge >= 0.3 is 0 Å². The lowest BCUT2D eigenvalue weighted by Gasteiger charge is -2.36. The lowest BCUT2D eigenvalue weighted by atomic mass is 9.77. The van der Waals surface area contributed by atoms with Crippen LogP contribution in [-0.2, 0) is 4.79 Å². The Hall–Kier alpha value is -0.570. The molecule has 1 saturated carbocycles. The van der Waals surface area contributed by atoms with Crippen LogP contribution in [0.5, 0.6) is 0 Å². The van der Waals surface area contributed by atoms with Gasteiger partial charge in [-0.3, -0.25) is 4.79 Å². The molecule has 0 radical (unpaired) electrons. The van der Waals surface area contributed by atoms with E-state index < -0.39 is 0 Å². The molecule has 2 aliphatic rings. The highest BCUT2D eigenvalue weighted by molar-refractivity contribution is 5.79. The first kappa shape index (κ1) is 13.9. The van der Waals surface area contributed by atoms with Crippen molar-refractivity contribution >= 4 is 5.91 Å². The van der Waals surface area contributed by atoms with Crippen molar-refractivity contribution in [3.8, 4) is 0 Å². The molecule has 3 unspecified atom stereocenters. The van der Waals surface area contributed by atoms with Gasteiger partial charge in [0.2, 0.25) is 5.91 Å². The Kier molecular flexibility index (Phi) is 5.04. The van der Waals surface area contributed by atoms with Gasteiger partial charge in [-0.1, -0.05) is 26.2 Å². The van der Waals surface area contributed by atoms with Crippen molar-refractivity contribution in [2.45, 2.75) is 64.3 Å². The van der Waals surface area contributed by atoms with Gasteiger partial charge in [0, 0.05) is 25.0 Å². The maximum atomic E-state index is 12.6. The summed E-state index contributed by atoms with van der Waals surface area (Å²) in [5.41, 5.74) is 5.99. The largest absolute Gasteiger partial charge is 0.342 e. The molecule has 2 rings (SSSR count). The van der Waals surface area contributed by atoms with Crippen LogP contribution in [-0.4, -0.2) is 29.9 Å². The minimum atomic E-state index is 0.240. The van der Waals surface area contributed by atoms with E-state index in [1.54, 1.807) is 0 Å². The summed E-state index contributed by atoms with van der Waals surface area (Å²) in [6.07, 6.45) is 9.33. The molecule has 1 aliphatic heterocycles. The maximum absolute atomic E-state index is 12.6. The summed E-state index contributed by atoms with van der Waals surface area (Å²) in [5.74, 6) is 1.12. The van der Waals surface area contributed by atoms with Crippen LogP contribution in [0.4, 0.5) is 0 Å². The molecule has 1 saturated heterocycles. The minimum absolute atomic E-state index is 0.240. The standard InChI is InChI=1S/C15H28N2O/c1-12-11-13(16)7-8-14(12)15(18)17-9-5-3-2-4-6-10-17/h12-14H,2-11,16H2,1H3. The average Bonchev–Trinajstić information content (AvgIpc) is 2.27. The number of nitrogens with two attached hydrogens (primary N) is 1. The topological polar surface area (TPSA) is 46.3 Å². The molecular weight excluding hydrogens is 224 g/mol. The van der Waals surface area contributed by atoms with Crippen LogP contribution >= 0.6 is 0 Å². The zero-order chi connectivity index (χ0) is 13.0. The number of carbonyl (C=O) groups excluding carboxylic acids is 1. The van der Waals surface area contributed by atoms with Crippen molar-refractivity contribution in [3.05, 3.63) is 0 Å².